The van der Waals surface area contributed by atoms with Crippen LogP contribution in [0.5, 0.6) is 0 Å². The molecule has 134 valence electrons. The van der Waals surface area contributed by atoms with Gasteiger partial charge in [0.25, 0.3) is 5.89 Å². The summed E-state index contributed by atoms with van der Waals surface area (Å²) in [7, 11) is 1.28. The summed E-state index contributed by atoms with van der Waals surface area (Å²) in [5.41, 5.74) is 8.64. The van der Waals surface area contributed by atoms with E-state index in [4.69, 9.17) is 10.2 Å². The fourth-order valence-electron chi connectivity index (χ4n) is 2.54. The number of nitrogen functional groups attached to an aromatic ring is 1. The lowest BCUT2D eigenvalue weighted by Crippen LogP contribution is -2.11. The summed E-state index contributed by atoms with van der Waals surface area (Å²) in [5.74, 6) is 0.518. The lowest BCUT2D eigenvalue weighted by Gasteiger charge is -2.07. The second-order valence-electron chi connectivity index (χ2n) is 5.52. The molecule has 0 unspecified atom stereocenters. The zero-order valence-corrected chi connectivity index (χ0v) is 14.2. The van der Waals surface area contributed by atoms with E-state index in [1.807, 2.05) is 24.3 Å². The maximum atomic E-state index is 11.5. The number of benzene rings is 2. The van der Waals surface area contributed by atoms with Crippen molar-refractivity contribution in [3.63, 3.8) is 0 Å². The number of para-hydroxylation sites is 3. The van der Waals surface area contributed by atoms with Crippen LogP contribution in [0.4, 0.5) is 16.3 Å². The first kappa shape index (κ1) is 16.5. The number of methoxy groups -OCH3 is 1. The van der Waals surface area contributed by atoms with Crippen molar-refractivity contribution in [3.05, 3.63) is 48.5 Å². The predicted octanol–water partition coefficient (Wildman–Crippen LogP) is 3.11. The molecule has 0 spiro atoms. The molecule has 0 aliphatic carbocycles. The Morgan fingerprint density at radius 1 is 1.00 bits per heavy atom. The van der Waals surface area contributed by atoms with Gasteiger partial charge in [-0.05, 0) is 24.3 Å². The van der Waals surface area contributed by atoms with Crippen molar-refractivity contribution < 1.29 is 13.9 Å². The fourth-order valence-corrected chi connectivity index (χ4v) is 2.54. The summed E-state index contributed by atoms with van der Waals surface area (Å²) in [6, 6.07) is 14.3. The number of nitrogens with one attached hydrogen (secondary N) is 1. The van der Waals surface area contributed by atoms with Gasteiger partial charge in [-0.3, -0.25) is 5.32 Å². The quantitative estimate of drug-likeness (QED) is 0.569. The van der Waals surface area contributed by atoms with Gasteiger partial charge in [0.05, 0.1) is 29.4 Å². The highest BCUT2D eigenvalue weighted by atomic mass is 16.5. The van der Waals surface area contributed by atoms with Gasteiger partial charge in [-0.1, -0.05) is 24.3 Å². The Balaban J connectivity index is 1.75. The number of nitrogens with zero attached hydrogens (tertiary/aromatic N) is 4. The molecule has 9 nitrogen and oxygen atoms in total. The molecule has 0 aliphatic heterocycles. The van der Waals surface area contributed by atoms with Crippen LogP contribution in [0, 0.1) is 0 Å². The molecular formula is C18H14N6O3. The minimum absolute atomic E-state index is 0.133. The zero-order valence-electron chi connectivity index (χ0n) is 14.2. The molecule has 4 aromatic rings. The van der Waals surface area contributed by atoms with E-state index >= 15 is 0 Å². The van der Waals surface area contributed by atoms with Crippen LogP contribution in [0.25, 0.3) is 34.1 Å². The molecule has 2 aromatic heterocycles. The summed E-state index contributed by atoms with van der Waals surface area (Å²) >= 11 is 0. The Morgan fingerprint density at radius 2 is 1.67 bits per heavy atom. The van der Waals surface area contributed by atoms with Crippen LogP contribution < -0.4 is 11.1 Å². The smallest absolute Gasteiger partial charge is 0.411 e. The Bertz CT molecular complexity index is 1140. The summed E-state index contributed by atoms with van der Waals surface area (Å²) in [6.07, 6.45) is -0.605. The van der Waals surface area contributed by atoms with Gasteiger partial charge in [-0.25, -0.2) is 14.8 Å². The maximum Gasteiger partial charge on any atom is 0.411 e. The molecular weight excluding hydrogens is 348 g/mol. The summed E-state index contributed by atoms with van der Waals surface area (Å²) in [4.78, 5) is 20.3. The summed E-state index contributed by atoms with van der Waals surface area (Å²) in [6.45, 7) is 0. The van der Waals surface area contributed by atoms with Gasteiger partial charge in [0.2, 0.25) is 5.89 Å². The Kier molecular flexibility index (Phi) is 4.09. The number of fused-ring (bicyclic) bond motifs is 1. The molecule has 0 atom stereocenters. The molecule has 0 radical (unpaired) electrons. The van der Waals surface area contributed by atoms with Crippen molar-refractivity contribution in [1.29, 1.82) is 0 Å². The van der Waals surface area contributed by atoms with E-state index in [-0.39, 0.29) is 17.6 Å². The number of aromatic nitrogens is 4. The number of anilines is 2. The van der Waals surface area contributed by atoms with Crippen molar-refractivity contribution in [2.75, 3.05) is 18.2 Å². The molecule has 0 aliphatic rings. The van der Waals surface area contributed by atoms with Gasteiger partial charge in [0.15, 0.2) is 11.5 Å². The SMILES string of the molecule is COC(=O)Nc1ccccc1-c1nnc(-c2nc3ccccc3nc2N)o1. The van der Waals surface area contributed by atoms with Crippen molar-refractivity contribution in [2.24, 2.45) is 0 Å². The standard InChI is InChI=1S/C18H14N6O3/c1-26-18(25)22-11-7-3-2-6-10(11)16-23-24-17(27-16)14-15(19)21-13-9-5-4-8-12(13)20-14/h2-9H,1H3,(H2,19,21)(H,22,25). The third-order valence-corrected chi connectivity index (χ3v) is 3.80. The van der Waals surface area contributed by atoms with Gasteiger partial charge in [0.1, 0.15) is 0 Å². The van der Waals surface area contributed by atoms with E-state index in [1.54, 1.807) is 24.3 Å². The first-order chi connectivity index (χ1) is 13.2. The predicted molar refractivity (Wildman–Crippen MR) is 98.7 cm³/mol. The number of ether oxygens (including phenoxy) is 1. The average molecular weight is 362 g/mol. The normalized spacial score (nSPS) is 10.7. The molecule has 2 heterocycles. The highest BCUT2D eigenvalue weighted by molar-refractivity contribution is 5.90. The van der Waals surface area contributed by atoms with Crippen LogP contribution in [-0.2, 0) is 4.74 Å². The minimum atomic E-state index is -0.605. The number of rotatable bonds is 3. The molecule has 2 aromatic carbocycles. The maximum absolute atomic E-state index is 11.5. The van der Waals surface area contributed by atoms with Crippen molar-refractivity contribution in [3.8, 4) is 23.0 Å². The first-order valence-electron chi connectivity index (χ1n) is 7.96. The van der Waals surface area contributed by atoms with Crippen LogP contribution in [0.15, 0.2) is 52.9 Å². The third-order valence-electron chi connectivity index (χ3n) is 3.80. The number of hydrogen-bond acceptors (Lipinski definition) is 8. The van der Waals surface area contributed by atoms with E-state index in [0.717, 1.165) is 0 Å². The summed E-state index contributed by atoms with van der Waals surface area (Å²) < 4.78 is 10.4. The van der Waals surface area contributed by atoms with Crippen LogP contribution in [-0.4, -0.2) is 33.4 Å². The highest BCUT2D eigenvalue weighted by Gasteiger charge is 2.18. The van der Waals surface area contributed by atoms with Crippen LogP contribution in [0.2, 0.25) is 0 Å². The number of hydrogen-bond donors (Lipinski definition) is 2. The van der Waals surface area contributed by atoms with E-state index in [2.05, 4.69) is 30.2 Å². The molecule has 0 bridgehead atoms. The monoisotopic (exact) mass is 362 g/mol. The number of carbonyl (C=O) groups excluding carboxylic acids is 1. The van der Waals surface area contributed by atoms with E-state index < -0.39 is 6.09 Å². The van der Waals surface area contributed by atoms with Crippen LogP contribution in [0.3, 0.4) is 0 Å². The lowest BCUT2D eigenvalue weighted by molar-refractivity contribution is 0.187. The molecule has 9 heteroatoms. The largest absolute Gasteiger partial charge is 0.453 e. The van der Waals surface area contributed by atoms with Crippen LogP contribution >= 0.6 is 0 Å². The second-order valence-corrected chi connectivity index (χ2v) is 5.52. The summed E-state index contributed by atoms with van der Waals surface area (Å²) in [5, 5.41) is 10.7. The zero-order chi connectivity index (χ0) is 18.8. The molecule has 3 N–H and O–H groups in total. The number of nitrogens with two attached hydrogens (primary N) is 1. The Hall–Kier alpha value is -4.01. The van der Waals surface area contributed by atoms with Gasteiger partial charge < -0.3 is 14.9 Å². The van der Waals surface area contributed by atoms with Gasteiger partial charge >= 0.3 is 6.09 Å². The van der Waals surface area contributed by atoms with Crippen LogP contribution in [0.1, 0.15) is 0 Å². The number of amides is 1. The molecule has 4 rings (SSSR count). The van der Waals surface area contributed by atoms with Gasteiger partial charge in [-0.15, -0.1) is 10.2 Å². The molecule has 0 fully saturated rings. The molecule has 0 saturated heterocycles. The lowest BCUT2D eigenvalue weighted by atomic mass is 10.2. The van der Waals surface area contributed by atoms with E-state index in [1.165, 1.54) is 7.11 Å². The van der Waals surface area contributed by atoms with E-state index in [0.29, 0.717) is 28.0 Å². The number of carbonyl (C=O) groups is 1. The van der Waals surface area contributed by atoms with Crippen molar-refractivity contribution in [2.45, 2.75) is 0 Å². The van der Waals surface area contributed by atoms with E-state index in [9.17, 15) is 4.79 Å². The Labute approximate surface area is 153 Å². The van der Waals surface area contributed by atoms with Crippen molar-refractivity contribution >= 4 is 28.6 Å². The highest BCUT2D eigenvalue weighted by Crippen LogP contribution is 2.30. The first-order valence-corrected chi connectivity index (χ1v) is 7.96. The molecule has 0 saturated carbocycles. The third kappa shape index (κ3) is 3.13. The average Bonchev–Trinajstić information content (AvgIpc) is 3.17. The van der Waals surface area contributed by atoms with Gasteiger partial charge in [0, 0.05) is 0 Å². The van der Waals surface area contributed by atoms with Gasteiger partial charge in [-0.2, -0.15) is 0 Å². The minimum Gasteiger partial charge on any atom is -0.453 e. The topological polar surface area (TPSA) is 129 Å². The second kappa shape index (κ2) is 6.71. The Morgan fingerprint density at radius 3 is 2.44 bits per heavy atom. The molecule has 27 heavy (non-hydrogen) atoms. The fraction of sp³-hybridized carbons (Fsp3) is 0.0556. The molecule has 1 amide bonds. The van der Waals surface area contributed by atoms with Crippen molar-refractivity contribution in [1.82, 2.24) is 20.2 Å².